The smallest absolute Gasteiger partial charge is 0.341 e. The zero-order valence-electron chi connectivity index (χ0n) is 15.1. The molecule has 0 spiro atoms. The number of urea groups is 1. The SMILES string of the molecule is CCOC(=O)c1cc2cc3c(cc2nc1N(C(N)=O)C1CCCC1)OCO3. The molecule has 4 rings (SSSR count). The van der Waals surface area contributed by atoms with Gasteiger partial charge in [-0.2, -0.15) is 0 Å². The zero-order valence-corrected chi connectivity index (χ0v) is 15.1. The zero-order chi connectivity index (χ0) is 19.0. The van der Waals surface area contributed by atoms with E-state index in [1.54, 1.807) is 25.1 Å². The molecule has 1 aromatic heterocycles. The lowest BCUT2D eigenvalue weighted by atomic mass is 10.1. The Kier molecular flexibility index (Phi) is 4.47. The molecule has 1 saturated carbocycles. The molecule has 0 saturated heterocycles. The summed E-state index contributed by atoms with van der Waals surface area (Å²) < 4.78 is 16.0. The van der Waals surface area contributed by atoms with Crippen LogP contribution in [0.15, 0.2) is 18.2 Å². The minimum Gasteiger partial charge on any atom is -0.462 e. The largest absolute Gasteiger partial charge is 0.462 e. The summed E-state index contributed by atoms with van der Waals surface area (Å²) in [6, 6.07) is 4.48. The molecule has 2 N–H and O–H groups in total. The van der Waals surface area contributed by atoms with Gasteiger partial charge in [0.15, 0.2) is 17.3 Å². The molecule has 8 heteroatoms. The van der Waals surface area contributed by atoms with Gasteiger partial charge < -0.3 is 19.9 Å². The molecular weight excluding hydrogens is 350 g/mol. The molecule has 1 aromatic carbocycles. The fourth-order valence-corrected chi connectivity index (χ4v) is 3.72. The lowest BCUT2D eigenvalue weighted by Crippen LogP contribution is -2.44. The number of anilines is 1. The maximum Gasteiger partial charge on any atom is 0.341 e. The predicted molar refractivity (Wildman–Crippen MR) is 98.1 cm³/mol. The van der Waals surface area contributed by atoms with Crippen molar-refractivity contribution in [1.29, 1.82) is 0 Å². The van der Waals surface area contributed by atoms with Crippen LogP contribution in [0.25, 0.3) is 10.9 Å². The van der Waals surface area contributed by atoms with Gasteiger partial charge in [-0.3, -0.25) is 4.90 Å². The molecule has 2 aliphatic rings. The summed E-state index contributed by atoms with van der Waals surface area (Å²) in [5.74, 6) is 0.869. The van der Waals surface area contributed by atoms with E-state index in [1.807, 2.05) is 0 Å². The van der Waals surface area contributed by atoms with Gasteiger partial charge in [-0.15, -0.1) is 0 Å². The third kappa shape index (κ3) is 3.11. The number of carbonyl (C=O) groups is 2. The summed E-state index contributed by atoms with van der Waals surface area (Å²) in [5, 5.41) is 0.696. The van der Waals surface area contributed by atoms with Gasteiger partial charge >= 0.3 is 12.0 Å². The second-order valence-corrected chi connectivity index (χ2v) is 6.62. The van der Waals surface area contributed by atoms with Crippen LogP contribution in [-0.2, 0) is 4.74 Å². The Morgan fingerprint density at radius 1 is 1.22 bits per heavy atom. The fraction of sp³-hybridized carbons (Fsp3) is 0.421. The topological polar surface area (TPSA) is 104 Å². The molecule has 2 heterocycles. The molecule has 2 aromatic rings. The van der Waals surface area contributed by atoms with Gasteiger partial charge in [-0.25, -0.2) is 14.6 Å². The number of amides is 2. The number of hydrogen-bond donors (Lipinski definition) is 1. The van der Waals surface area contributed by atoms with Crippen LogP contribution in [0.2, 0.25) is 0 Å². The van der Waals surface area contributed by atoms with Crippen molar-refractivity contribution < 1.29 is 23.8 Å². The molecular formula is C19H21N3O5. The Balaban J connectivity index is 1.89. The lowest BCUT2D eigenvalue weighted by molar-refractivity contribution is 0.0527. The Morgan fingerprint density at radius 3 is 2.59 bits per heavy atom. The first-order valence-corrected chi connectivity index (χ1v) is 9.08. The first-order chi connectivity index (χ1) is 13.1. The Morgan fingerprint density at radius 2 is 1.93 bits per heavy atom. The number of nitrogens with zero attached hydrogens (tertiary/aromatic N) is 2. The maximum atomic E-state index is 12.6. The molecule has 8 nitrogen and oxygen atoms in total. The number of aromatic nitrogens is 1. The van der Waals surface area contributed by atoms with Gasteiger partial charge in [-0.05, 0) is 31.9 Å². The van der Waals surface area contributed by atoms with Crippen molar-refractivity contribution >= 4 is 28.7 Å². The van der Waals surface area contributed by atoms with Gasteiger partial charge in [0.05, 0.1) is 12.1 Å². The number of hydrogen-bond acceptors (Lipinski definition) is 6. The Labute approximate surface area is 156 Å². The molecule has 27 heavy (non-hydrogen) atoms. The number of fused-ring (bicyclic) bond motifs is 2. The first kappa shape index (κ1) is 17.4. The van der Waals surface area contributed by atoms with Crippen LogP contribution in [0.5, 0.6) is 11.5 Å². The summed E-state index contributed by atoms with van der Waals surface area (Å²) >= 11 is 0. The van der Waals surface area contributed by atoms with Crippen molar-refractivity contribution in [1.82, 2.24) is 4.98 Å². The van der Waals surface area contributed by atoms with Crippen molar-refractivity contribution in [3.05, 3.63) is 23.8 Å². The number of benzene rings is 1. The number of rotatable bonds is 4. The Hall–Kier alpha value is -3.03. The molecule has 1 aliphatic carbocycles. The molecule has 0 unspecified atom stereocenters. The molecule has 0 atom stereocenters. The van der Waals surface area contributed by atoms with Crippen molar-refractivity contribution in [2.75, 3.05) is 18.3 Å². The number of esters is 1. The van der Waals surface area contributed by atoms with E-state index < -0.39 is 12.0 Å². The average molecular weight is 371 g/mol. The van der Waals surface area contributed by atoms with E-state index >= 15 is 0 Å². The number of ether oxygens (including phenoxy) is 3. The second kappa shape index (κ2) is 6.94. The minimum atomic E-state index is -0.625. The van der Waals surface area contributed by atoms with Crippen molar-refractivity contribution in [3.8, 4) is 11.5 Å². The summed E-state index contributed by atoms with van der Waals surface area (Å²) in [5.41, 5.74) is 6.48. The molecule has 2 amide bonds. The van der Waals surface area contributed by atoms with Crippen LogP contribution in [-0.4, -0.2) is 36.4 Å². The van der Waals surface area contributed by atoms with Crippen molar-refractivity contribution in [2.24, 2.45) is 5.73 Å². The van der Waals surface area contributed by atoms with Crippen LogP contribution in [0, 0.1) is 0 Å². The van der Waals surface area contributed by atoms with Crippen LogP contribution in [0.1, 0.15) is 43.0 Å². The maximum absolute atomic E-state index is 12.6. The van der Waals surface area contributed by atoms with Crippen LogP contribution in [0.3, 0.4) is 0 Å². The third-order valence-corrected chi connectivity index (χ3v) is 4.94. The van der Waals surface area contributed by atoms with E-state index in [0.717, 1.165) is 25.7 Å². The molecule has 142 valence electrons. The average Bonchev–Trinajstić information content (AvgIpc) is 3.31. The van der Waals surface area contributed by atoms with E-state index in [2.05, 4.69) is 4.98 Å². The highest BCUT2D eigenvalue weighted by molar-refractivity contribution is 6.04. The quantitative estimate of drug-likeness (QED) is 0.829. The van der Waals surface area contributed by atoms with Gasteiger partial charge in [0, 0.05) is 17.5 Å². The number of primary amides is 1. The number of pyridine rings is 1. The van der Waals surface area contributed by atoms with Crippen molar-refractivity contribution in [2.45, 2.75) is 38.6 Å². The highest BCUT2D eigenvalue weighted by Crippen LogP contribution is 2.38. The van der Waals surface area contributed by atoms with Gasteiger partial charge in [0.25, 0.3) is 0 Å². The van der Waals surface area contributed by atoms with E-state index in [9.17, 15) is 9.59 Å². The predicted octanol–water partition coefficient (Wildman–Crippen LogP) is 2.97. The lowest BCUT2D eigenvalue weighted by Gasteiger charge is -2.27. The van der Waals surface area contributed by atoms with Crippen molar-refractivity contribution in [3.63, 3.8) is 0 Å². The second-order valence-electron chi connectivity index (χ2n) is 6.62. The van der Waals surface area contributed by atoms with E-state index in [0.29, 0.717) is 22.4 Å². The highest BCUT2D eigenvalue weighted by atomic mass is 16.7. The van der Waals surface area contributed by atoms with Gasteiger partial charge in [-0.1, -0.05) is 12.8 Å². The summed E-state index contributed by atoms with van der Waals surface area (Å²) in [7, 11) is 0. The monoisotopic (exact) mass is 371 g/mol. The molecule has 1 aliphatic heterocycles. The van der Waals surface area contributed by atoms with E-state index in [4.69, 9.17) is 19.9 Å². The van der Waals surface area contributed by atoms with Crippen LogP contribution >= 0.6 is 0 Å². The molecule has 1 fully saturated rings. The Bertz CT molecular complexity index is 908. The van der Waals surface area contributed by atoms with E-state index in [-0.39, 0.29) is 30.8 Å². The van der Waals surface area contributed by atoms with E-state index in [1.165, 1.54) is 4.90 Å². The number of nitrogens with two attached hydrogens (primary N) is 1. The first-order valence-electron chi connectivity index (χ1n) is 9.08. The number of carbonyl (C=O) groups excluding carboxylic acids is 2. The van der Waals surface area contributed by atoms with Gasteiger partial charge in [0.1, 0.15) is 5.56 Å². The molecule has 0 radical (unpaired) electrons. The molecule has 0 bridgehead atoms. The minimum absolute atomic E-state index is 0.0744. The van der Waals surface area contributed by atoms with Crippen LogP contribution < -0.4 is 20.1 Å². The third-order valence-electron chi connectivity index (χ3n) is 4.94. The highest BCUT2D eigenvalue weighted by Gasteiger charge is 2.32. The summed E-state index contributed by atoms with van der Waals surface area (Å²) in [4.78, 5) is 30.9. The summed E-state index contributed by atoms with van der Waals surface area (Å²) in [6.45, 7) is 2.09. The van der Waals surface area contributed by atoms with Crippen LogP contribution in [0.4, 0.5) is 10.6 Å². The summed E-state index contributed by atoms with van der Waals surface area (Å²) in [6.07, 6.45) is 3.67. The standard InChI is InChI=1S/C19H21N3O5/c1-2-25-18(23)13-7-11-8-15-16(27-10-26-15)9-14(11)21-17(13)22(19(20)24)12-5-3-4-6-12/h7-9,12H,2-6,10H2,1H3,(H2,20,24). The fourth-order valence-electron chi connectivity index (χ4n) is 3.72. The normalized spacial score (nSPS) is 15.9. The van der Waals surface area contributed by atoms with Gasteiger partial charge in [0.2, 0.25) is 6.79 Å².